The Hall–Kier alpha value is -0.860. The van der Waals surface area contributed by atoms with Gasteiger partial charge in [0.15, 0.2) is 0 Å². The van der Waals surface area contributed by atoms with Crippen molar-refractivity contribution in [3.63, 3.8) is 0 Å². The van der Waals surface area contributed by atoms with Gasteiger partial charge in [-0.25, -0.2) is 0 Å². The minimum absolute atomic E-state index is 0.534. The molecule has 0 amide bonds. The molecule has 0 fully saturated rings. The Morgan fingerprint density at radius 3 is 2.29 bits per heavy atom. The molecule has 1 aromatic carbocycles. The van der Waals surface area contributed by atoms with E-state index in [0.29, 0.717) is 12.5 Å². The molecule has 0 spiro atoms. The van der Waals surface area contributed by atoms with E-state index in [4.69, 9.17) is 0 Å². The smallest absolute Gasteiger partial charge is 0.0992 e. The third kappa shape index (κ3) is 4.14. The summed E-state index contributed by atoms with van der Waals surface area (Å²) in [7, 11) is 0. The highest BCUT2D eigenvalue weighted by Gasteiger charge is 2.22. The maximum atomic E-state index is 10.4. The van der Waals surface area contributed by atoms with Crippen LogP contribution in [0.15, 0.2) is 24.3 Å². The van der Waals surface area contributed by atoms with Gasteiger partial charge in [0.05, 0.1) is 5.60 Å². The van der Waals surface area contributed by atoms with Crippen LogP contribution in [0.2, 0.25) is 0 Å². The zero-order valence-electron chi connectivity index (χ0n) is 11.5. The van der Waals surface area contributed by atoms with E-state index in [1.165, 1.54) is 5.56 Å². The maximum Gasteiger partial charge on any atom is 0.0992 e. The largest absolute Gasteiger partial charge is 0.384 e. The second-order valence-corrected chi connectivity index (χ2v) is 5.23. The van der Waals surface area contributed by atoms with Crippen molar-refractivity contribution in [2.24, 2.45) is 0 Å². The van der Waals surface area contributed by atoms with E-state index in [0.717, 1.165) is 18.5 Å². The first-order valence-corrected chi connectivity index (χ1v) is 6.51. The van der Waals surface area contributed by atoms with Crippen LogP contribution < -0.4 is 5.32 Å². The molecular weight excluding hydrogens is 210 g/mol. The number of aliphatic hydroxyl groups is 1. The molecule has 2 N–H and O–H groups in total. The van der Waals surface area contributed by atoms with Gasteiger partial charge >= 0.3 is 0 Å². The highest BCUT2D eigenvalue weighted by Crippen LogP contribution is 2.22. The molecule has 0 saturated heterocycles. The normalized spacial score (nSPS) is 14.9. The maximum absolute atomic E-state index is 10.4. The van der Waals surface area contributed by atoms with E-state index >= 15 is 0 Å². The lowest BCUT2D eigenvalue weighted by molar-refractivity contribution is 0.0572. The molecule has 17 heavy (non-hydrogen) atoms. The summed E-state index contributed by atoms with van der Waals surface area (Å²) >= 11 is 0. The molecule has 0 aliphatic rings. The van der Waals surface area contributed by atoms with Crippen LogP contribution in [0, 0.1) is 0 Å². The quantitative estimate of drug-likeness (QED) is 0.743. The zero-order chi connectivity index (χ0) is 12.9. The summed E-state index contributed by atoms with van der Waals surface area (Å²) in [6, 6.07) is 8.27. The lowest BCUT2D eigenvalue weighted by Crippen LogP contribution is -2.35. The number of hydrogen-bond donors (Lipinski definition) is 2. The van der Waals surface area contributed by atoms with Crippen molar-refractivity contribution in [2.45, 2.75) is 45.6 Å². The summed E-state index contributed by atoms with van der Waals surface area (Å²) in [5.41, 5.74) is 1.50. The number of hydrogen-bond acceptors (Lipinski definition) is 2. The predicted octanol–water partition coefficient (Wildman–Crippen LogP) is 3.02. The monoisotopic (exact) mass is 235 g/mol. The van der Waals surface area contributed by atoms with E-state index in [9.17, 15) is 5.11 Å². The molecule has 2 nitrogen and oxygen atoms in total. The van der Waals surface area contributed by atoms with Crippen LogP contribution in [0.4, 0.5) is 0 Å². The average Bonchev–Trinajstić information content (AvgIpc) is 2.29. The number of benzene rings is 1. The summed E-state index contributed by atoms with van der Waals surface area (Å²) in [6.07, 6.45) is 1.09. The van der Waals surface area contributed by atoms with E-state index in [1.807, 2.05) is 19.1 Å². The SMILES string of the molecule is CCCNCC(C)(O)c1ccc(C(C)C)cc1. The Labute approximate surface area is 105 Å². The topological polar surface area (TPSA) is 32.3 Å². The first-order valence-electron chi connectivity index (χ1n) is 6.51. The first kappa shape index (κ1) is 14.2. The molecule has 1 rings (SSSR count). The van der Waals surface area contributed by atoms with Crippen molar-refractivity contribution in [1.29, 1.82) is 0 Å². The van der Waals surface area contributed by atoms with Crippen molar-refractivity contribution < 1.29 is 5.11 Å². The second-order valence-electron chi connectivity index (χ2n) is 5.23. The lowest BCUT2D eigenvalue weighted by atomic mass is 9.93. The van der Waals surface area contributed by atoms with Gasteiger partial charge in [-0.05, 0) is 36.9 Å². The van der Waals surface area contributed by atoms with Crippen LogP contribution in [0.1, 0.15) is 51.2 Å². The fourth-order valence-corrected chi connectivity index (χ4v) is 1.84. The number of nitrogens with one attached hydrogen (secondary N) is 1. The second kappa shape index (κ2) is 6.18. The molecule has 0 aliphatic carbocycles. The van der Waals surface area contributed by atoms with Crippen molar-refractivity contribution in [3.8, 4) is 0 Å². The molecule has 2 heteroatoms. The summed E-state index contributed by atoms with van der Waals surface area (Å²) in [4.78, 5) is 0. The van der Waals surface area contributed by atoms with Gasteiger partial charge in [-0.15, -0.1) is 0 Å². The van der Waals surface area contributed by atoms with Crippen LogP contribution in [0.25, 0.3) is 0 Å². The van der Waals surface area contributed by atoms with Crippen LogP contribution in [0.3, 0.4) is 0 Å². The molecule has 0 bridgehead atoms. The minimum atomic E-state index is -0.787. The fraction of sp³-hybridized carbons (Fsp3) is 0.600. The Morgan fingerprint density at radius 2 is 1.82 bits per heavy atom. The summed E-state index contributed by atoms with van der Waals surface area (Å²) in [5.74, 6) is 0.534. The van der Waals surface area contributed by atoms with E-state index in [2.05, 4.69) is 38.2 Å². The van der Waals surface area contributed by atoms with Gasteiger partial charge in [-0.1, -0.05) is 45.0 Å². The first-order chi connectivity index (χ1) is 7.97. The number of rotatable bonds is 6. The summed E-state index contributed by atoms with van der Waals surface area (Å²) in [6.45, 7) is 9.88. The summed E-state index contributed by atoms with van der Waals surface area (Å²) in [5, 5.41) is 13.6. The Bertz CT molecular complexity index is 327. The zero-order valence-corrected chi connectivity index (χ0v) is 11.5. The van der Waals surface area contributed by atoms with Crippen LogP contribution >= 0.6 is 0 Å². The molecule has 0 aliphatic heterocycles. The van der Waals surface area contributed by atoms with Gasteiger partial charge < -0.3 is 10.4 Å². The predicted molar refractivity (Wildman–Crippen MR) is 73.3 cm³/mol. The third-order valence-corrected chi connectivity index (χ3v) is 3.10. The van der Waals surface area contributed by atoms with Gasteiger partial charge in [0.1, 0.15) is 0 Å². The summed E-state index contributed by atoms with van der Waals surface area (Å²) < 4.78 is 0. The Kier molecular flexibility index (Phi) is 5.16. The van der Waals surface area contributed by atoms with E-state index in [1.54, 1.807) is 0 Å². The minimum Gasteiger partial charge on any atom is -0.384 e. The van der Waals surface area contributed by atoms with Gasteiger partial charge in [0.25, 0.3) is 0 Å². The Balaban J connectivity index is 2.70. The highest BCUT2D eigenvalue weighted by atomic mass is 16.3. The van der Waals surface area contributed by atoms with Gasteiger partial charge in [0.2, 0.25) is 0 Å². The third-order valence-electron chi connectivity index (χ3n) is 3.10. The van der Waals surface area contributed by atoms with Crippen molar-refractivity contribution in [3.05, 3.63) is 35.4 Å². The van der Waals surface area contributed by atoms with Gasteiger partial charge in [-0.3, -0.25) is 0 Å². The van der Waals surface area contributed by atoms with Crippen molar-refractivity contribution in [2.75, 3.05) is 13.1 Å². The standard InChI is InChI=1S/C15H25NO/c1-5-10-16-11-15(4,17)14-8-6-13(7-9-14)12(2)3/h6-9,12,16-17H,5,10-11H2,1-4H3. The fourth-order valence-electron chi connectivity index (χ4n) is 1.84. The molecule has 1 unspecified atom stereocenters. The van der Waals surface area contributed by atoms with Crippen molar-refractivity contribution in [1.82, 2.24) is 5.32 Å². The van der Waals surface area contributed by atoms with Crippen LogP contribution in [0.5, 0.6) is 0 Å². The molecule has 0 radical (unpaired) electrons. The molecule has 1 aromatic rings. The molecule has 0 saturated carbocycles. The van der Waals surface area contributed by atoms with Gasteiger partial charge in [-0.2, -0.15) is 0 Å². The molecule has 0 heterocycles. The van der Waals surface area contributed by atoms with Crippen molar-refractivity contribution >= 4 is 0 Å². The molecule has 0 aromatic heterocycles. The van der Waals surface area contributed by atoms with E-state index < -0.39 is 5.60 Å². The Morgan fingerprint density at radius 1 is 1.24 bits per heavy atom. The van der Waals surface area contributed by atoms with Crippen LogP contribution in [-0.2, 0) is 5.60 Å². The van der Waals surface area contributed by atoms with E-state index in [-0.39, 0.29) is 0 Å². The van der Waals surface area contributed by atoms with Gasteiger partial charge in [0, 0.05) is 6.54 Å². The molecule has 1 atom stereocenters. The lowest BCUT2D eigenvalue weighted by Gasteiger charge is -2.24. The molecule has 96 valence electrons. The molecular formula is C15H25NO. The van der Waals surface area contributed by atoms with Crippen LogP contribution in [-0.4, -0.2) is 18.2 Å². The highest BCUT2D eigenvalue weighted by molar-refractivity contribution is 5.28. The average molecular weight is 235 g/mol.